The van der Waals surface area contributed by atoms with E-state index in [2.05, 4.69) is 15.7 Å². The van der Waals surface area contributed by atoms with E-state index in [0.29, 0.717) is 5.92 Å². The number of hydrogen-bond acceptors (Lipinski definition) is 4. The van der Waals surface area contributed by atoms with E-state index in [-0.39, 0.29) is 5.54 Å². The molecule has 0 spiro atoms. The van der Waals surface area contributed by atoms with Gasteiger partial charge in [0.1, 0.15) is 0 Å². The maximum atomic E-state index is 6.43. The van der Waals surface area contributed by atoms with Crippen molar-refractivity contribution in [3.8, 4) is 0 Å². The molecule has 0 aromatic carbocycles. The largest absolute Gasteiger partial charge is 0.325 e. The van der Waals surface area contributed by atoms with E-state index in [0.717, 1.165) is 18.5 Å². The highest BCUT2D eigenvalue weighted by Gasteiger charge is 2.34. The first-order valence-corrected chi connectivity index (χ1v) is 5.99. The van der Waals surface area contributed by atoms with Crippen LogP contribution in [0.3, 0.4) is 0 Å². The second-order valence-electron chi connectivity index (χ2n) is 4.46. The summed E-state index contributed by atoms with van der Waals surface area (Å²) in [5.74, 6) is 0.609. The van der Waals surface area contributed by atoms with Gasteiger partial charge in [-0.3, -0.25) is 0 Å². The van der Waals surface area contributed by atoms with Gasteiger partial charge in [0.15, 0.2) is 0 Å². The van der Waals surface area contributed by atoms with Crippen LogP contribution in [0.25, 0.3) is 0 Å². The summed E-state index contributed by atoms with van der Waals surface area (Å²) >= 11 is 1.27. The van der Waals surface area contributed by atoms with Crippen LogP contribution in [-0.2, 0) is 6.42 Å². The highest BCUT2D eigenvalue weighted by Crippen LogP contribution is 2.33. The van der Waals surface area contributed by atoms with Crippen LogP contribution in [0.15, 0.2) is 6.20 Å². The first kappa shape index (κ1) is 10.1. The predicted octanol–water partition coefficient (Wildman–Crippen LogP) is 1.99. The van der Waals surface area contributed by atoms with Crippen LogP contribution >= 0.6 is 11.7 Å². The lowest BCUT2D eigenvalue weighted by Crippen LogP contribution is -2.50. The first-order chi connectivity index (χ1) is 6.71. The van der Waals surface area contributed by atoms with Crippen molar-refractivity contribution in [2.45, 2.75) is 44.6 Å². The van der Waals surface area contributed by atoms with Crippen molar-refractivity contribution in [3.63, 3.8) is 0 Å². The molecule has 14 heavy (non-hydrogen) atoms. The average molecular weight is 211 g/mol. The van der Waals surface area contributed by atoms with Crippen molar-refractivity contribution in [3.05, 3.63) is 11.9 Å². The van der Waals surface area contributed by atoms with Gasteiger partial charge in [0.25, 0.3) is 0 Å². The Morgan fingerprint density at radius 3 is 3.14 bits per heavy atom. The molecule has 2 atom stereocenters. The molecule has 0 radical (unpaired) electrons. The zero-order chi connectivity index (χ0) is 10.0. The number of rotatable bonds is 2. The summed E-state index contributed by atoms with van der Waals surface area (Å²) in [7, 11) is 0. The van der Waals surface area contributed by atoms with Gasteiger partial charge in [-0.25, -0.2) is 0 Å². The van der Waals surface area contributed by atoms with Crippen LogP contribution in [0, 0.1) is 5.92 Å². The Morgan fingerprint density at radius 2 is 2.50 bits per heavy atom. The molecule has 0 saturated heterocycles. The Morgan fingerprint density at radius 1 is 1.64 bits per heavy atom. The third-order valence-electron chi connectivity index (χ3n) is 3.43. The van der Waals surface area contributed by atoms with Crippen LogP contribution in [0.1, 0.15) is 38.3 Å². The SMILES string of the molecule is CC1CCCCC1(N)Cc1cnsn1. The van der Waals surface area contributed by atoms with E-state index in [1.165, 1.54) is 31.0 Å². The number of aromatic nitrogens is 2. The minimum absolute atomic E-state index is 0.0337. The third kappa shape index (κ3) is 1.96. The summed E-state index contributed by atoms with van der Waals surface area (Å²) in [6.45, 7) is 2.26. The minimum Gasteiger partial charge on any atom is -0.325 e. The van der Waals surface area contributed by atoms with Crippen molar-refractivity contribution >= 4 is 11.7 Å². The maximum Gasteiger partial charge on any atom is 0.0761 e. The lowest BCUT2D eigenvalue weighted by atomic mass is 9.72. The summed E-state index contributed by atoms with van der Waals surface area (Å²) in [4.78, 5) is 0. The Labute approximate surface area is 89.0 Å². The van der Waals surface area contributed by atoms with Crippen molar-refractivity contribution in [1.82, 2.24) is 8.75 Å². The molecule has 0 amide bonds. The maximum absolute atomic E-state index is 6.43. The molecule has 78 valence electrons. The Balaban J connectivity index is 2.07. The van der Waals surface area contributed by atoms with Crippen molar-refractivity contribution in [1.29, 1.82) is 0 Å². The van der Waals surface area contributed by atoms with E-state index in [9.17, 15) is 0 Å². The van der Waals surface area contributed by atoms with E-state index < -0.39 is 0 Å². The molecule has 1 aromatic heterocycles. The van der Waals surface area contributed by atoms with Gasteiger partial charge >= 0.3 is 0 Å². The second kappa shape index (κ2) is 3.95. The van der Waals surface area contributed by atoms with Crippen molar-refractivity contribution in [2.75, 3.05) is 0 Å². The van der Waals surface area contributed by atoms with Crippen LogP contribution in [-0.4, -0.2) is 14.3 Å². The van der Waals surface area contributed by atoms with E-state index >= 15 is 0 Å². The van der Waals surface area contributed by atoms with E-state index in [1.807, 2.05) is 6.20 Å². The molecule has 0 aliphatic heterocycles. The van der Waals surface area contributed by atoms with Gasteiger partial charge in [-0.05, 0) is 18.8 Å². The zero-order valence-corrected chi connectivity index (χ0v) is 9.39. The first-order valence-electron chi connectivity index (χ1n) is 5.26. The molecule has 1 heterocycles. The number of nitrogens with two attached hydrogens (primary N) is 1. The van der Waals surface area contributed by atoms with Gasteiger partial charge < -0.3 is 5.73 Å². The smallest absolute Gasteiger partial charge is 0.0761 e. The summed E-state index contributed by atoms with van der Waals surface area (Å²) < 4.78 is 8.26. The van der Waals surface area contributed by atoms with E-state index in [1.54, 1.807) is 0 Å². The summed E-state index contributed by atoms with van der Waals surface area (Å²) in [5, 5.41) is 0. The highest BCUT2D eigenvalue weighted by molar-refractivity contribution is 6.99. The molecule has 2 rings (SSSR count). The molecule has 1 aromatic rings. The molecule has 2 N–H and O–H groups in total. The monoisotopic (exact) mass is 211 g/mol. The molecular weight excluding hydrogens is 194 g/mol. The van der Waals surface area contributed by atoms with Crippen LogP contribution in [0.5, 0.6) is 0 Å². The van der Waals surface area contributed by atoms with Gasteiger partial charge in [0, 0.05) is 12.0 Å². The Kier molecular flexibility index (Phi) is 2.83. The predicted molar refractivity (Wildman–Crippen MR) is 58.2 cm³/mol. The fraction of sp³-hybridized carbons (Fsp3) is 0.800. The molecule has 1 fully saturated rings. The Bertz CT molecular complexity index is 286. The normalized spacial score (nSPS) is 33.1. The fourth-order valence-electron chi connectivity index (χ4n) is 2.30. The molecule has 4 heteroatoms. The summed E-state index contributed by atoms with van der Waals surface area (Å²) in [5.41, 5.74) is 7.46. The molecule has 1 aliphatic rings. The molecule has 1 saturated carbocycles. The van der Waals surface area contributed by atoms with Gasteiger partial charge in [0.05, 0.1) is 23.6 Å². The molecule has 2 unspecified atom stereocenters. The number of nitrogens with zero attached hydrogens (tertiary/aromatic N) is 2. The standard InChI is InChI=1S/C10H17N3S/c1-8-4-2-3-5-10(8,11)6-9-7-12-14-13-9/h7-8H,2-6,11H2,1H3. The molecule has 0 bridgehead atoms. The van der Waals surface area contributed by atoms with Gasteiger partial charge in [-0.15, -0.1) is 0 Å². The van der Waals surface area contributed by atoms with Crippen LogP contribution < -0.4 is 5.73 Å². The van der Waals surface area contributed by atoms with Crippen LogP contribution in [0.2, 0.25) is 0 Å². The topological polar surface area (TPSA) is 51.8 Å². The molecular formula is C10H17N3S. The average Bonchev–Trinajstić information content (AvgIpc) is 2.63. The lowest BCUT2D eigenvalue weighted by Gasteiger charge is -2.39. The quantitative estimate of drug-likeness (QED) is 0.814. The van der Waals surface area contributed by atoms with Crippen molar-refractivity contribution in [2.24, 2.45) is 11.7 Å². The van der Waals surface area contributed by atoms with Gasteiger partial charge in [-0.2, -0.15) is 8.75 Å². The molecule has 3 nitrogen and oxygen atoms in total. The summed E-state index contributed by atoms with van der Waals surface area (Å²) in [6, 6.07) is 0. The van der Waals surface area contributed by atoms with Crippen LogP contribution in [0.4, 0.5) is 0 Å². The summed E-state index contributed by atoms with van der Waals surface area (Å²) in [6.07, 6.45) is 7.72. The second-order valence-corrected chi connectivity index (χ2v) is 5.01. The minimum atomic E-state index is -0.0337. The highest BCUT2D eigenvalue weighted by atomic mass is 32.1. The number of hydrogen-bond donors (Lipinski definition) is 1. The molecule has 1 aliphatic carbocycles. The zero-order valence-electron chi connectivity index (χ0n) is 8.57. The van der Waals surface area contributed by atoms with Crippen molar-refractivity contribution < 1.29 is 0 Å². The Hall–Kier alpha value is -0.480. The van der Waals surface area contributed by atoms with Gasteiger partial charge in [0.2, 0.25) is 0 Å². The van der Waals surface area contributed by atoms with E-state index in [4.69, 9.17) is 5.73 Å². The third-order valence-corrected chi connectivity index (χ3v) is 3.94. The fourth-order valence-corrected chi connectivity index (χ4v) is 2.73. The van der Waals surface area contributed by atoms with Gasteiger partial charge in [-0.1, -0.05) is 19.8 Å². The lowest BCUT2D eigenvalue weighted by molar-refractivity contribution is 0.203.